The molecule has 0 aromatic heterocycles. The van der Waals surface area contributed by atoms with Gasteiger partial charge in [0.2, 0.25) is 0 Å². The van der Waals surface area contributed by atoms with E-state index >= 15 is 0 Å². The van der Waals surface area contributed by atoms with E-state index in [0.717, 1.165) is 0 Å². The zero-order valence-electron chi connectivity index (χ0n) is 54.9. The van der Waals surface area contributed by atoms with Crippen molar-refractivity contribution in [3.05, 3.63) is 0 Å². The second kappa shape index (κ2) is 266. The Morgan fingerprint density at radius 3 is 0.0909 bits per heavy atom. The minimum Gasteiger partial charge on any atom is -1.00 e. The number of halogens is 7. The third-order valence-electron chi connectivity index (χ3n) is 0. The van der Waals surface area contributed by atoms with Crippen LogP contribution in [0.4, 0.5) is 0 Å². The predicted octanol–water partition coefficient (Wildman–Crippen LogP) is -72.0. The van der Waals surface area contributed by atoms with Crippen molar-refractivity contribution >= 4 is 86.8 Å². The molecule has 0 amide bonds. The Bertz CT molecular complexity index is 83.0. The van der Waals surface area contributed by atoms with E-state index in [-0.39, 0.29) is 892 Å². The van der Waals surface area contributed by atoms with Crippen molar-refractivity contribution in [2.24, 2.45) is 0 Å². The Labute approximate surface area is 864 Å². The topological polar surface area (TPSA) is 0 Å². The molecule has 0 saturated heterocycles. The smallest absolute Gasteiger partial charge is 1.00 e. The van der Waals surface area contributed by atoms with Crippen molar-refractivity contribution in [3.8, 4) is 0 Å². The van der Waals surface area contributed by atoms with Crippen LogP contribution < -0.4 is 768 Å². The molecule has 0 heterocycles. The predicted molar refractivity (Wildman–Crippen MR) is 79.6 cm³/mol. The first kappa shape index (κ1) is 280. The van der Waals surface area contributed by atoms with Crippen molar-refractivity contribution in [3.63, 3.8) is 0 Å². The van der Waals surface area contributed by atoms with E-state index in [0.29, 0.717) is 0 Å². The van der Waals surface area contributed by atoms with Gasteiger partial charge in [0.15, 0.2) is 0 Å². The molecule has 33 heteroatoms. The van der Waals surface area contributed by atoms with Gasteiger partial charge in [0.05, 0.1) is 0 Å². The summed E-state index contributed by atoms with van der Waals surface area (Å²) in [6.07, 6.45) is 0. The van der Waals surface area contributed by atoms with Crippen LogP contribution in [0.3, 0.4) is 0 Å². The molecule has 0 spiro atoms. The molecule has 0 radical (unpaired) electrons. The van der Waals surface area contributed by atoms with Gasteiger partial charge in [-0.05, 0) is 0 Å². The van der Waals surface area contributed by atoms with Crippen LogP contribution in [0, 0.1) is 0 Å². The van der Waals surface area contributed by atoms with E-state index in [4.69, 9.17) is 0 Å². The quantitative estimate of drug-likeness (QED) is 0.213. The van der Waals surface area contributed by atoms with Gasteiger partial charge in [-0.2, -0.15) is 0 Å². The summed E-state index contributed by atoms with van der Waals surface area (Å²) in [6, 6.07) is 0. The fourth-order valence-corrected chi connectivity index (χ4v) is 0. The van der Waals surface area contributed by atoms with Crippen LogP contribution in [0.1, 0.15) is 37.1 Å². The van der Waals surface area contributed by atoms with Gasteiger partial charge < -0.3 is 37.1 Å². The molecule has 0 atom stereocenters. The van der Waals surface area contributed by atoms with Gasteiger partial charge >= 0.3 is 768 Å². The molecular formula is H33Cl7Na26. The first-order valence-electron chi connectivity index (χ1n) is 0. The molecular weight excluding hydrogens is 846 g/mol. The van der Waals surface area contributed by atoms with Gasteiger partial charge in [-0.15, -0.1) is 86.8 Å². The first-order valence-corrected chi connectivity index (χ1v) is 0. The average Bonchev–Trinajstić information content (AvgIpc) is 0. The largest absolute Gasteiger partial charge is 1.00 e. The molecule has 0 nitrogen and oxygen atoms in total. The maximum absolute atomic E-state index is 0. The summed E-state index contributed by atoms with van der Waals surface area (Å²) in [5.41, 5.74) is 0. The zero-order chi connectivity index (χ0) is 0. The second-order valence-electron chi connectivity index (χ2n) is 0. The fraction of sp³-hybridized carbons (Fsp3) is 0. The van der Waals surface area contributed by atoms with E-state index in [9.17, 15) is 0 Å². The van der Waals surface area contributed by atoms with E-state index in [1.54, 1.807) is 0 Å². The molecule has 0 aliphatic heterocycles. The average molecular weight is 879 g/mol. The molecule has 0 saturated carbocycles. The first-order chi connectivity index (χ1) is 0. The van der Waals surface area contributed by atoms with E-state index in [1.807, 2.05) is 0 Å². The van der Waals surface area contributed by atoms with Gasteiger partial charge in [-0.3, -0.25) is 0 Å². The molecule has 33 heavy (non-hydrogen) atoms. The molecule has 0 rings (SSSR count). The zero-order valence-corrected chi connectivity index (χ0v) is 86.6. The molecule has 0 bridgehead atoms. The minimum atomic E-state index is 0. The Morgan fingerprint density at radius 1 is 0.0909 bits per heavy atom. The summed E-state index contributed by atoms with van der Waals surface area (Å²) in [7, 11) is 0. The van der Waals surface area contributed by atoms with E-state index < -0.39 is 0 Å². The molecule has 0 unspecified atom stereocenters. The van der Waals surface area contributed by atoms with Crippen LogP contribution in [0.2, 0.25) is 0 Å². The Kier molecular flexibility index (Phi) is 2260. The van der Waals surface area contributed by atoms with Crippen LogP contribution in [-0.4, -0.2) is 0 Å². The van der Waals surface area contributed by atoms with Crippen LogP contribution in [0.5, 0.6) is 0 Å². The molecule has 0 N–H and O–H groups in total. The fourth-order valence-electron chi connectivity index (χ4n) is 0. The summed E-state index contributed by atoms with van der Waals surface area (Å²) in [6.45, 7) is 0. The summed E-state index contributed by atoms with van der Waals surface area (Å²) in [5.74, 6) is 0. The summed E-state index contributed by atoms with van der Waals surface area (Å²) in [4.78, 5) is 0. The molecule has 0 aliphatic carbocycles. The monoisotopic (exact) mass is 876 g/mol. The molecule has 108 valence electrons. The summed E-state index contributed by atoms with van der Waals surface area (Å²) < 4.78 is 0. The minimum absolute atomic E-state index is 0. The van der Waals surface area contributed by atoms with Gasteiger partial charge in [-0.1, -0.05) is 0 Å². The molecule has 0 fully saturated rings. The van der Waals surface area contributed by atoms with E-state index in [2.05, 4.69) is 0 Å². The third kappa shape index (κ3) is 257. The number of hydrogen-bond donors (Lipinski definition) is 0. The third-order valence-corrected chi connectivity index (χ3v) is 0. The molecule has 0 aromatic carbocycles. The van der Waals surface area contributed by atoms with Gasteiger partial charge in [0.1, 0.15) is 0 Å². The van der Waals surface area contributed by atoms with Crippen molar-refractivity contribution in [2.45, 2.75) is 0 Å². The van der Waals surface area contributed by atoms with E-state index in [1.165, 1.54) is 0 Å². The summed E-state index contributed by atoms with van der Waals surface area (Å²) >= 11 is 0. The SMILES string of the molecule is Cl.Cl.Cl.Cl.Cl.Cl.Cl.[H-].[H-].[H-].[H-].[H-].[H-].[H-].[H-].[H-].[H-].[H-].[H-].[H-].[H-].[H-].[H-].[H-].[H-].[H-].[H-].[H-].[H-].[H-].[H-].[H-].[H-].[Na+].[Na+].[Na+].[Na+].[Na+].[Na+].[Na+].[Na+].[Na+].[Na+].[Na+].[Na+].[Na+].[Na+].[Na+].[Na+].[Na+].[Na+].[Na+].[Na+].[Na+].[Na+].[Na+].[Na+].[Na+].[Na+]. The number of rotatable bonds is 0. The Hall–Kier alpha value is 28.0. The molecule has 0 aromatic rings. The van der Waals surface area contributed by atoms with Crippen molar-refractivity contribution in [2.75, 3.05) is 0 Å². The van der Waals surface area contributed by atoms with Crippen LogP contribution in [0.25, 0.3) is 0 Å². The van der Waals surface area contributed by atoms with Gasteiger partial charge in [0.25, 0.3) is 0 Å². The standard InChI is InChI=1S/7ClH.26Na.26H/h7*1H;;;;;;;;;;;;;;;;;;;;;;;;;;;;;;;;;;;;;;;;;;;;;;;;;;;;/q;;;;;;;26*+1;26*-1. The summed E-state index contributed by atoms with van der Waals surface area (Å²) in [5, 5.41) is 0. The maximum Gasteiger partial charge on any atom is 1.00 e. The van der Waals surface area contributed by atoms with Crippen molar-refractivity contribution in [1.82, 2.24) is 0 Å². The maximum atomic E-state index is 0. The van der Waals surface area contributed by atoms with Crippen molar-refractivity contribution < 1.29 is 806 Å². The van der Waals surface area contributed by atoms with Crippen molar-refractivity contribution in [1.29, 1.82) is 0 Å². The van der Waals surface area contributed by atoms with Gasteiger partial charge in [-0.25, -0.2) is 0 Å². The van der Waals surface area contributed by atoms with Crippen LogP contribution in [-0.2, 0) is 0 Å². The Balaban J connectivity index is 0. The molecule has 0 aliphatic rings. The second-order valence-corrected chi connectivity index (χ2v) is 0. The Morgan fingerprint density at radius 2 is 0.0909 bits per heavy atom. The normalized spacial score (nSPS) is 0. The van der Waals surface area contributed by atoms with Crippen LogP contribution >= 0.6 is 86.8 Å². The van der Waals surface area contributed by atoms with Gasteiger partial charge in [0, 0.05) is 0 Å². The number of hydrogen-bond acceptors (Lipinski definition) is 0. The van der Waals surface area contributed by atoms with Crippen LogP contribution in [0.15, 0.2) is 0 Å².